The average Bonchev–Trinajstić information content (AvgIpc) is 3.24. The van der Waals surface area contributed by atoms with Crippen molar-refractivity contribution >= 4 is 52.2 Å². The van der Waals surface area contributed by atoms with Crippen LogP contribution in [0.5, 0.6) is 0 Å². The van der Waals surface area contributed by atoms with E-state index in [4.69, 9.17) is 0 Å². The van der Waals surface area contributed by atoms with E-state index in [0.29, 0.717) is 13.1 Å². The van der Waals surface area contributed by atoms with Gasteiger partial charge in [0.15, 0.2) is 5.96 Å². The highest BCUT2D eigenvalue weighted by Crippen LogP contribution is 2.19. The topological polar surface area (TPSA) is 65.1 Å². The molecule has 0 spiro atoms. The van der Waals surface area contributed by atoms with Crippen LogP contribution in [-0.2, 0) is 19.4 Å². The van der Waals surface area contributed by atoms with Crippen LogP contribution in [-0.4, -0.2) is 29.5 Å². The predicted octanol–water partition coefficient (Wildman–Crippen LogP) is 3.85. The molecule has 140 valence electrons. The number of benzene rings is 1. The first-order chi connectivity index (χ1) is 12.2. The molecule has 5 nitrogen and oxygen atoms in total. The normalized spacial score (nSPS) is 11.4. The Labute approximate surface area is 173 Å². The molecule has 0 amide bonds. The number of halogens is 2. The van der Waals surface area contributed by atoms with Crippen molar-refractivity contribution in [2.45, 2.75) is 26.3 Å². The number of aromatic nitrogens is 2. The molecule has 0 radical (unpaired) electrons. The maximum absolute atomic E-state index is 13.4. The van der Waals surface area contributed by atoms with Crippen LogP contribution in [0.1, 0.15) is 23.2 Å². The van der Waals surface area contributed by atoms with Gasteiger partial charge in [0.1, 0.15) is 5.82 Å². The van der Waals surface area contributed by atoms with Crippen molar-refractivity contribution in [3.05, 3.63) is 51.9 Å². The Balaban J connectivity index is 0.00000243. The molecule has 0 aliphatic heterocycles. The van der Waals surface area contributed by atoms with Crippen LogP contribution < -0.4 is 10.6 Å². The maximum Gasteiger partial charge on any atom is 0.191 e. The third-order valence-electron chi connectivity index (χ3n) is 3.98. The zero-order valence-corrected chi connectivity index (χ0v) is 18.0. The Morgan fingerprint density at radius 3 is 2.92 bits per heavy atom. The van der Waals surface area contributed by atoms with E-state index in [9.17, 15) is 4.39 Å². The molecule has 2 heterocycles. The largest absolute Gasteiger partial charge is 0.361 e. The molecule has 0 saturated carbocycles. The molecule has 0 fully saturated rings. The minimum absolute atomic E-state index is 0. The molecule has 0 bridgehead atoms. The molecular weight excluding hydrogens is 464 g/mol. The smallest absolute Gasteiger partial charge is 0.191 e. The fourth-order valence-electron chi connectivity index (χ4n) is 2.66. The summed E-state index contributed by atoms with van der Waals surface area (Å²) in [6, 6.07) is 4.80. The molecular formula is C18H23FIN5S. The van der Waals surface area contributed by atoms with Crippen molar-refractivity contribution in [2.24, 2.45) is 4.99 Å². The monoisotopic (exact) mass is 487 g/mol. The third-order valence-corrected chi connectivity index (χ3v) is 5.02. The predicted molar refractivity (Wildman–Crippen MR) is 117 cm³/mol. The molecule has 0 aliphatic carbocycles. The second-order valence-corrected chi connectivity index (χ2v) is 6.64. The lowest BCUT2D eigenvalue weighted by Gasteiger charge is -2.10. The second-order valence-electron chi connectivity index (χ2n) is 5.69. The van der Waals surface area contributed by atoms with E-state index in [1.165, 1.54) is 6.07 Å². The summed E-state index contributed by atoms with van der Waals surface area (Å²) < 4.78 is 13.4. The zero-order valence-electron chi connectivity index (χ0n) is 14.8. The molecule has 3 rings (SSSR count). The first kappa shape index (κ1) is 20.6. The Hall–Kier alpha value is -1.68. The van der Waals surface area contributed by atoms with Gasteiger partial charge in [0.2, 0.25) is 0 Å². The van der Waals surface area contributed by atoms with Gasteiger partial charge in [0, 0.05) is 36.1 Å². The van der Waals surface area contributed by atoms with Gasteiger partial charge in [-0.25, -0.2) is 9.37 Å². The van der Waals surface area contributed by atoms with Crippen LogP contribution in [0.4, 0.5) is 4.39 Å². The van der Waals surface area contributed by atoms with Crippen LogP contribution in [0.2, 0.25) is 0 Å². The highest BCUT2D eigenvalue weighted by atomic mass is 127. The number of nitrogens with zero attached hydrogens (tertiary/aromatic N) is 2. The lowest BCUT2D eigenvalue weighted by atomic mass is 10.1. The summed E-state index contributed by atoms with van der Waals surface area (Å²) in [5.74, 6) is 0.519. The molecule has 3 N–H and O–H groups in total. The zero-order chi connectivity index (χ0) is 17.6. The Bertz CT molecular complexity index is 873. The molecule has 0 atom stereocenters. The lowest BCUT2D eigenvalue weighted by Crippen LogP contribution is -2.37. The van der Waals surface area contributed by atoms with E-state index in [1.807, 2.05) is 6.20 Å². The standard InChI is InChI=1S/C18H22FN5S.HI/c1-3-17-24-14(11-25-17)10-23-18(20-2)21-7-6-12-9-22-16-5-4-13(19)8-15(12)16;/h4-5,8-9,11,22H,3,6-7,10H2,1-2H3,(H2,20,21,23);1H. The minimum Gasteiger partial charge on any atom is -0.361 e. The molecule has 0 aliphatic rings. The van der Waals surface area contributed by atoms with Crippen molar-refractivity contribution in [3.63, 3.8) is 0 Å². The summed E-state index contributed by atoms with van der Waals surface area (Å²) in [4.78, 5) is 11.9. The summed E-state index contributed by atoms with van der Waals surface area (Å²) in [6.07, 6.45) is 3.67. The molecule has 26 heavy (non-hydrogen) atoms. The first-order valence-corrected chi connectivity index (χ1v) is 9.21. The van der Waals surface area contributed by atoms with E-state index in [2.05, 4.69) is 37.9 Å². The van der Waals surface area contributed by atoms with E-state index in [0.717, 1.165) is 46.0 Å². The van der Waals surface area contributed by atoms with Gasteiger partial charge in [-0.05, 0) is 36.6 Å². The van der Waals surface area contributed by atoms with E-state index >= 15 is 0 Å². The van der Waals surface area contributed by atoms with Crippen LogP contribution in [0.25, 0.3) is 10.9 Å². The first-order valence-electron chi connectivity index (χ1n) is 8.33. The third kappa shape index (κ3) is 5.16. The molecule has 0 unspecified atom stereocenters. The maximum atomic E-state index is 13.4. The number of H-pyrrole nitrogens is 1. The summed E-state index contributed by atoms with van der Waals surface area (Å²) in [5, 5.41) is 10.7. The minimum atomic E-state index is -0.214. The molecule has 3 aromatic rings. The van der Waals surface area contributed by atoms with Gasteiger partial charge in [-0.15, -0.1) is 35.3 Å². The van der Waals surface area contributed by atoms with Gasteiger partial charge < -0.3 is 15.6 Å². The van der Waals surface area contributed by atoms with Crippen LogP contribution in [0.15, 0.2) is 34.8 Å². The number of hydrogen-bond donors (Lipinski definition) is 3. The highest BCUT2D eigenvalue weighted by Gasteiger charge is 2.06. The highest BCUT2D eigenvalue weighted by molar-refractivity contribution is 14.0. The van der Waals surface area contributed by atoms with Crippen molar-refractivity contribution in [1.29, 1.82) is 0 Å². The Morgan fingerprint density at radius 2 is 2.19 bits per heavy atom. The number of aliphatic imine (C=N–C) groups is 1. The number of guanidine groups is 1. The fourth-order valence-corrected chi connectivity index (χ4v) is 3.41. The molecule has 2 aromatic heterocycles. The van der Waals surface area contributed by atoms with Crippen molar-refractivity contribution < 1.29 is 4.39 Å². The number of nitrogens with one attached hydrogen (secondary N) is 3. The number of aromatic amines is 1. The number of rotatable bonds is 6. The summed E-state index contributed by atoms with van der Waals surface area (Å²) in [5.41, 5.74) is 3.07. The van der Waals surface area contributed by atoms with Gasteiger partial charge in [0.05, 0.1) is 17.2 Å². The van der Waals surface area contributed by atoms with Crippen molar-refractivity contribution in [1.82, 2.24) is 20.6 Å². The summed E-state index contributed by atoms with van der Waals surface area (Å²) >= 11 is 1.68. The van der Waals surface area contributed by atoms with E-state index < -0.39 is 0 Å². The number of hydrogen-bond acceptors (Lipinski definition) is 3. The van der Waals surface area contributed by atoms with Crippen molar-refractivity contribution in [2.75, 3.05) is 13.6 Å². The fraction of sp³-hybridized carbons (Fsp3) is 0.333. The lowest BCUT2D eigenvalue weighted by molar-refractivity contribution is 0.629. The summed E-state index contributed by atoms with van der Waals surface area (Å²) in [7, 11) is 1.74. The van der Waals surface area contributed by atoms with Gasteiger partial charge in [-0.3, -0.25) is 4.99 Å². The molecule has 0 saturated heterocycles. The molecule has 8 heteroatoms. The average molecular weight is 487 g/mol. The van der Waals surface area contributed by atoms with Gasteiger partial charge in [-0.1, -0.05) is 6.92 Å². The summed E-state index contributed by atoms with van der Waals surface area (Å²) in [6.45, 7) is 3.46. The Kier molecular flexibility index (Phi) is 7.83. The van der Waals surface area contributed by atoms with Crippen molar-refractivity contribution in [3.8, 4) is 0 Å². The Morgan fingerprint density at radius 1 is 1.35 bits per heavy atom. The number of fused-ring (bicyclic) bond motifs is 1. The second kappa shape index (κ2) is 9.86. The number of aryl methyl sites for hydroxylation is 1. The number of thiazole rings is 1. The quantitative estimate of drug-likeness (QED) is 0.281. The van der Waals surface area contributed by atoms with Gasteiger partial charge in [-0.2, -0.15) is 0 Å². The SMILES string of the molecule is CCc1nc(CNC(=NC)NCCc2c[nH]c3ccc(F)cc23)cs1.I. The molecule has 1 aromatic carbocycles. The van der Waals surface area contributed by atoms with Crippen LogP contribution in [0, 0.1) is 5.82 Å². The van der Waals surface area contributed by atoms with E-state index in [-0.39, 0.29) is 29.8 Å². The van der Waals surface area contributed by atoms with Crippen LogP contribution in [0.3, 0.4) is 0 Å². The van der Waals surface area contributed by atoms with E-state index in [1.54, 1.807) is 30.5 Å². The van der Waals surface area contributed by atoms with Gasteiger partial charge in [0.25, 0.3) is 0 Å². The van der Waals surface area contributed by atoms with Crippen LogP contribution >= 0.6 is 35.3 Å². The van der Waals surface area contributed by atoms with Gasteiger partial charge >= 0.3 is 0 Å².